The molecule has 0 saturated heterocycles. The first-order valence-electron chi connectivity index (χ1n) is 10.7. The average molecular weight is 450 g/mol. The molecule has 0 aliphatic heterocycles. The number of carbonyl (C=O) groups excluding carboxylic acids is 1. The second kappa shape index (κ2) is 8.91. The number of rotatable bonds is 6. The average Bonchev–Trinajstić information content (AvgIpc) is 2.74. The maximum absolute atomic E-state index is 13.5. The third-order valence-electron chi connectivity index (χ3n) is 5.78. The Balaban J connectivity index is 1.97. The summed E-state index contributed by atoms with van der Waals surface area (Å²) in [7, 11) is -3.70. The molecular formula is C27H31NO3S. The summed E-state index contributed by atoms with van der Waals surface area (Å²) in [5.74, 6) is -0.691. The zero-order chi connectivity index (χ0) is 23.6. The Morgan fingerprint density at radius 3 is 1.84 bits per heavy atom. The third-order valence-corrected chi connectivity index (χ3v) is 7.73. The first-order valence-corrected chi connectivity index (χ1v) is 12.3. The van der Waals surface area contributed by atoms with E-state index in [9.17, 15) is 13.2 Å². The first-order chi connectivity index (χ1) is 14.9. The van der Waals surface area contributed by atoms with Crippen molar-refractivity contribution in [3.63, 3.8) is 0 Å². The lowest BCUT2D eigenvalue weighted by atomic mass is 9.83. The summed E-state index contributed by atoms with van der Waals surface area (Å²) in [4.78, 5) is 13.7. The van der Waals surface area contributed by atoms with Gasteiger partial charge in [-0.15, -0.1) is 0 Å². The number of aryl methyl sites for hydroxylation is 1. The molecule has 1 atom stereocenters. The molecule has 4 nitrogen and oxygen atoms in total. The Hall–Kier alpha value is -2.92. The Labute approximate surface area is 191 Å². The zero-order valence-electron chi connectivity index (χ0n) is 19.3. The number of carbonyl (C=O) groups is 1. The molecule has 0 heterocycles. The monoisotopic (exact) mass is 449 g/mol. The lowest BCUT2D eigenvalue weighted by molar-refractivity contribution is -0.120. The molecule has 0 radical (unpaired) electrons. The predicted molar refractivity (Wildman–Crippen MR) is 131 cm³/mol. The molecule has 5 heteroatoms. The number of benzene rings is 3. The van der Waals surface area contributed by atoms with Crippen molar-refractivity contribution in [3.05, 3.63) is 95.6 Å². The van der Waals surface area contributed by atoms with E-state index in [0.717, 1.165) is 11.1 Å². The van der Waals surface area contributed by atoms with Gasteiger partial charge in [0.05, 0.1) is 16.1 Å². The van der Waals surface area contributed by atoms with Gasteiger partial charge in [0, 0.05) is 5.69 Å². The predicted octanol–water partition coefficient (Wildman–Crippen LogP) is 5.66. The molecule has 0 aliphatic carbocycles. The highest BCUT2D eigenvalue weighted by Crippen LogP contribution is 2.31. The number of sulfone groups is 1. The molecule has 0 saturated carbocycles. The van der Waals surface area contributed by atoms with Crippen LogP contribution in [-0.4, -0.2) is 20.1 Å². The fourth-order valence-corrected chi connectivity index (χ4v) is 5.41. The molecule has 0 unspecified atom stereocenters. The SMILES string of the molecule is Cc1ccc([C@@](C)(CS(=O)(=O)c2ccccc2)C(=O)Nc2ccc(C(C)(C)C)cc2)cc1. The van der Waals surface area contributed by atoms with Gasteiger partial charge >= 0.3 is 0 Å². The summed E-state index contributed by atoms with van der Waals surface area (Å²) in [6.07, 6.45) is 0. The minimum Gasteiger partial charge on any atom is -0.325 e. The van der Waals surface area contributed by atoms with E-state index in [-0.39, 0.29) is 22.0 Å². The second-order valence-electron chi connectivity index (χ2n) is 9.55. The van der Waals surface area contributed by atoms with E-state index < -0.39 is 15.3 Å². The molecule has 0 aliphatic rings. The van der Waals surface area contributed by atoms with Crippen LogP contribution in [0.3, 0.4) is 0 Å². The van der Waals surface area contributed by atoms with Gasteiger partial charge in [0.1, 0.15) is 0 Å². The fraction of sp³-hybridized carbons (Fsp3) is 0.296. The largest absolute Gasteiger partial charge is 0.325 e. The van der Waals surface area contributed by atoms with Crippen molar-refractivity contribution in [2.45, 2.75) is 50.3 Å². The van der Waals surface area contributed by atoms with E-state index in [1.54, 1.807) is 37.3 Å². The highest BCUT2D eigenvalue weighted by molar-refractivity contribution is 7.91. The Bertz CT molecular complexity index is 1180. The number of anilines is 1. The maximum atomic E-state index is 13.5. The molecule has 0 fully saturated rings. The number of amides is 1. The second-order valence-corrected chi connectivity index (χ2v) is 11.5. The van der Waals surface area contributed by atoms with Crippen LogP contribution in [0.1, 0.15) is 44.4 Å². The van der Waals surface area contributed by atoms with Crippen LogP contribution in [0.25, 0.3) is 0 Å². The summed E-state index contributed by atoms with van der Waals surface area (Å²) in [6, 6.07) is 23.4. The normalized spacial score (nSPS) is 13.9. The Morgan fingerprint density at radius 1 is 0.781 bits per heavy atom. The molecule has 1 N–H and O–H groups in total. The zero-order valence-corrected chi connectivity index (χ0v) is 20.2. The highest BCUT2D eigenvalue weighted by atomic mass is 32.2. The maximum Gasteiger partial charge on any atom is 0.235 e. The topological polar surface area (TPSA) is 63.2 Å². The van der Waals surface area contributed by atoms with Crippen LogP contribution in [0.5, 0.6) is 0 Å². The van der Waals surface area contributed by atoms with Crippen LogP contribution in [0, 0.1) is 6.92 Å². The molecule has 3 aromatic rings. The van der Waals surface area contributed by atoms with E-state index >= 15 is 0 Å². The minimum absolute atomic E-state index is 0.00269. The standard InChI is InChI=1S/C27H31NO3S/c1-20-11-13-22(14-12-20)27(5,19-32(30,31)24-9-7-6-8-10-24)25(29)28-23-17-15-21(16-18-23)26(2,3)4/h6-18H,19H2,1-5H3,(H,28,29)/t27-/m1/s1. The van der Waals surface area contributed by atoms with Gasteiger partial charge in [0.2, 0.25) is 5.91 Å². The van der Waals surface area contributed by atoms with Crippen molar-refractivity contribution in [2.75, 3.05) is 11.1 Å². The van der Waals surface area contributed by atoms with Crippen molar-refractivity contribution >= 4 is 21.4 Å². The van der Waals surface area contributed by atoms with E-state index in [1.165, 1.54) is 0 Å². The summed E-state index contributed by atoms with van der Waals surface area (Å²) >= 11 is 0. The summed E-state index contributed by atoms with van der Waals surface area (Å²) in [5, 5.41) is 2.94. The minimum atomic E-state index is -3.70. The molecule has 32 heavy (non-hydrogen) atoms. The third kappa shape index (κ3) is 5.28. The number of nitrogens with one attached hydrogen (secondary N) is 1. The van der Waals surface area contributed by atoms with Crippen LogP contribution in [-0.2, 0) is 25.5 Å². The van der Waals surface area contributed by atoms with Crippen molar-refractivity contribution in [1.29, 1.82) is 0 Å². The molecule has 0 bridgehead atoms. The molecular weight excluding hydrogens is 418 g/mol. The van der Waals surface area contributed by atoms with E-state index in [4.69, 9.17) is 0 Å². The van der Waals surface area contributed by atoms with Crippen LogP contribution >= 0.6 is 0 Å². The molecule has 3 aromatic carbocycles. The van der Waals surface area contributed by atoms with Gasteiger partial charge in [-0.05, 0) is 54.7 Å². The van der Waals surface area contributed by atoms with Crippen LogP contribution in [0.15, 0.2) is 83.8 Å². The summed E-state index contributed by atoms with van der Waals surface area (Å²) < 4.78 is 26.4. The van der Waals surface area contributed by atoms with Crippen molar-refractivity contribution in [3.8, 4) is 0 Å². The molecule has 168 valence electrons. The van der Waals surface area contributed by atoms with Gasteiger partial charge in [-0.2, -0.15) is 0 Å². The van der Waals surface area contributed by atoms with Crippen molar-refractivity contribution < 1.29 is 13.2 Å². The van der Waals surface area contributed by atoms with Gasteiger partial charge in [-0.3, -0.25) is 4.79 Å². The lowest BCUT2D eigenvalue weighted by Crippen LogP contribution is -2.43. The summed E-state index contributed by atoms with van der Waals surface area (Å²) in [6.45, 7) is 10.0. The van der Waals surface area contributed by atoms with E-state index in [0.29, 0.717) is 11.3 Å². The van der Waals surface area contributed by atoms with Crippen LogP contribution in [0.4, 0.5) is 5.69 Å². The van der Waals surface area contributed by atoms with Gasteiger partial charge in [-0.1, -0.05) is 80.9 Å². The molecule has 1 amide bonds. The van der Waals surface area contributed by atoms with E-state index in [2.05, 4.69) is 26.1 Å². The molecule has 0 spiro atoms. The van der Waals surface area contributed by atoms with Crippen LogP contribution < -0.4 is 5.32 Å². The number of hydrogen-bond acceptors (Lipinski definition) is 3. The smallest absolute Gasteiger partial charge is 0.235 e. The fourth-order valence-electron chi connectivity index (χ4n) is 3.62. The van der Waals surface area contributed by atoms with Gasteiger partial charge in [0.25, 0.3) is 0 Å². The first kappa shape index (κ1) is 23.7. The van der Waals surface area contributed by atoms with Crippen molar-refractivity contribution in [1.82, 2.24) is 0 Å². The number of hydrogen-bond donors (Lipinski definition) is 1. The highest BCUT2D eigenvalue weighted by Gasteiger charge is 2.40. The van der Waals surface area contributed by atoms with Gasteiger partial charge in [-0.25, -0.2) is 8.42 Å². The van der Waals surface area contributed by atoms with Gasteiger partial charge < -0.3 is 5.32 Å². The van der Waals surface area contributed by atoms with Crippen molar-refractivity contribution in [2.24, 2.45) is 0 Å². The van der Waals surface area contributed by atoms with Crippen LogP contribution in [0.2, 0.25) is 0 Å². The Kier molecular flexibility index (Phi) is 6.61. The van der Waals surface area contributed by atoms with E-state index in [1.807, 2.05) is 55.5 Å². The Morgan fingerprint density at radius 2 is 1.31 bits per heavy atom. The van der Waals surface area contributed by atoms with Gasteiger partial charge in [0.15, 0.2) is 9.84 Å². The quantitative estimate of drug-likeness (QED) is 0.528. The molecule has 3 rings (SSSR count). The molecule has 0 aromatic heterocycles. The lowest BCUT2D eigenvalue weighted by Gasteiger charge is -2.29. The summed E-state index contributed by atoms with van der Waals surface area (Å²) in [5.41, 5.74) is 2.22.